The van der Waals surface area contributed by atoms with Crippen molar-refractivity contribution in [1.82, 2.24) is 19.5 Å². The Balaban J connectivity index is 1.85. The van der Waals surface area contributed by atoms with Crippen molar-refractivity contribution in [2.45, 2.75) is 82.7 Å². The Labute approximate surface area is 176 Å². The van der Waals surface area contributed by atoms with Crippen molar-refractivity contribution >= 4 is 25.4 Å². The zero-order chi connectivity index (χ0) is 22.6. The van der Waals surface area contributed by atoms with Crippen molar-refractivity contribution < 1.29 is 19.4 Å². The molecule has 0 amide bonds. The number of hydrogen-bond donors (Lipinski definition) is 4. The van der Waals surface area contributed by atoms with Crippen molar-refractivity contribution in [1.29, 1.82) is 0 Å². The molecule has 168 valence electrons. The largest absolute Gasteiger partial charge is 0.413 e. The smallest absolute Gasteiger partial charge is 0.280 e. The van der Waals surface area contributed by atoms with Gasteiger partial charge in [-0.3, -0.25) is 14.3 Å². The number of nitrogens with one attached hydrogen (secondary N) is 1. The highest BCUT2D eigenvalue weighted by molar-refractivity contribution is 6.78. The van der Waals surface area contributed by atoms with Crippen LogP contribution in [0.25, 0.3) is 11.2 Å². The maximum Gasteiger partial charge on any atom is 0.280 e. The number of nitrogen functional groups attached to an aromatic ring is 1. The van der Waals surface area contributed by atoms with E-state index in [2.05, 4.69) is 63.0 Å². The van der Waals surface area contributed by atoms with Crippen LogP contribution in [0.3, 0.4) is 0 Å². The Bertz CT molecular complexity index is 962. The molecule has 0 saturated carbocycles. The van der Waals surface area contributed by atoms with Gasteiger partial charge in [-0.1, -0.05) is 41.5 Å². The molecule has 0 radical (unpaired) electrons. The van der Waals surface area contributed by atoms with Gasteiger partial charge in [0.1, 0.15) is 18.3 Å². The maximum absolute atomic E-state index is 12.0. The third-order valence-electron chi connectivity index (χ3n) is 6.46. The lowest BCUT2D eigenvalue weighted by molar-refractivity contribution is -0.0498. The van der Waals surface area contributed by atoms with Gasteiger partial charge in [-0.15, -0.1) is 0 Å². The van der Waals surface area contributed by atoms with Gasteiger partial charge in [-0.2, -0.15) is 4.98 Å². The van der Waals surface area contributed by atoms with Crippen molar-refractivity contribution in [2.75, 3.05) is 12.3 Å². The van der Waals surface area contributed by atoms with Crippen molar-refractivity contribution in [3.63, 3.8) is 0 Å². The van der Waals surface area contributed by atoms with E-state index in [1.165, 1.54) is 10.9 Å². The molecule has 0 bridgehead atoms. The number of aromatic nitrogens is 4. The van der Waals surface area contributed by atoms with Crippen LogP contribution < -0.4 is 11.3 Å². The summed E-state index contributed by atoms with van der Waals surface area (Å²) in [5.74, 6) is -0.0701. The standard InChI is InChI=1S/C19H33N5O5Si/c1-18(2,3)30(7,19(4,5)6)28-8-10-12(25)13(26)16(29-10)24-9-21-11-14(24)22-17(20)23-15(11)27/h9-10,12-13,16,25-26H,8H2,1-7H3,(H3,20,22,23,27)/t10-,12-,13-,16-/m1/s1. The number of aromatic amines is 1. The minimum Gasteiger partial charge on any atom is -0.413 e. The third kappa shape index (κ3) is 3.69. The highest BCUT2D eigenvalue weighted by Gasteiger charge is 2.53. The normalized spacial score (nSPS) is 25.9. The third-order valence-corrected chi connectivity index (χ3v) is 12.9. The molecule has 3 heterocycles. The molecule has 2 aromatic heterocycles. The first-order valence-corrected chi connectivity index (χ1v) is 12.5. The van der Waals surface area contributed by atoms with Crippen LogP contribution in [0, 0.1) is 0 Å². The molecule has 5 N–H and O–H groups in total. The highest BCUT2D eigenvalue weighted by atomic mass is 28.4. The number of anilines is 1. The average Bonchev–Trinajstić information content (AvgIpc) is 3.13. The lowest BCUT2D eigenvalue weighted by Gasteiger charge is -2.48. The summed E-state index contributed by atoms with van der Waals surface area (Å²) in [6, 6.07) is 0. The number of fused-ring (bicyclic) bond motifs is 1. The molecular weight excluding hydrogens is 406 g/mol. The van der Waals surface area contributed by atoms with Gasteiger partial charge in [-0.05, 0) is 16.6 Å². The number of H-pyrrole nitrogens is 1. The summed E-state index contributed by atoms with van der Waals surface area (Å²) in [4.78, 5) is 22.5. The number of hydrogen-bond acceptors (Lipinski definition) is 8. The van der Waals surface area contributed by atoms with Gasteiger partial charge in [-0.25, -0.2) is 4.98 Å². The van der Waals surface area contributed by atoms with Crippen LogP contribution in [0.15, 0.2) is 11.1 Å². The van der Waals surface area contributed by atoms with Crippen LogP contribution >= 0.6 is 0 Å². The van der Waals surface area contributed by atoms with Crippen LogP contribution in [-0.4, -0.2) is 63.0 Å². The van der Waals surface area contributed by atoms with Crippen LogP contribution in [0.1, 0.15) is 47.8 Å². The second-order valence-corrected chi connectivity index (χ2v) is 15.5. The summed E-state index contributed by atoms with van der Waals surface area (Å²) in [6.45, 7) is 15.3. The first-order chi connectivity index (χ1) is 13.7. The van der Waals surface area contributed by atoms with E-state index in [4.69, 9.17) is 14.9 Å². The predicted molar refractivity (Wildman–Crippen MR) is 115 cm³/mol. The molecule has 1 aliphatic heterocycles. The maximum atomic E-state index is 12.0. The number of ether oxygens (including phenoxy) is 1. The van der Waals surface area contributed by atoms with Gasteiger partial charge in [0, 0.05) is 0 Å². The number of nitrogens with zero attached hydrogens (tertiary/aromatic N) is 3. The Morgan fingerprint density at radius 2 is 1.83 bits per heavy atom. The SMILES string of the molecule is CC(C)(C)[Si](C)(OC[C@H]1O[C@@H](n2cnc3c(=O)[nH]c(N)nc32)[C@H](O)[C@@H]1O)C(C)(C)C. The fourth-order valence-electron chi connectivity index (χ4n) is 4.03. The van der Waals surface area contributed by atoms with Gasteiger partial charge in [0.2, 0.25) is 5.95 Å². The summed E-state index contributed by atoms with van der Waals surface area (Å²) >= 11 is 0. The Morgan fingerprint density at radius 1 is 1.23 bits per heavy atom. The van der Waals surface area contributed by atoms with Crippen molar-refractivity contribution in [3.05, 3.63) is 16.7 Å². The lowest BCUT2D eigenvalue weighted by Crippen LogP contribution is -2.53. The van der Waals surface area contributed by atoms with Gasteiger partial charge >= 0.3 is 0 Å². The molecule has 4 atom stereocenters. The fraction of sp³-hybridized carbons (Fsp3) is 0.737. The van der Waals surface area contributed by atoms with Crippen molar-refractivity contribution in [3.8, 4) is 0 Å². The highest BCUT2D eigenvalue weighted by Crippen LogP contribution is 2.51. The van der Waals surface area contributed by atoms with E-state index in [1.807, 2.05) is 0 Å². The molecule has 1 saturated heterocycles. The molecule has 0 aliphatic carbocycles. The van der Waals surface area contributed by atoms with E-state index in [9.17, 15) is 15.0 Å². The van der Waals surface area contributed by atoms with Gasteiger partial charge < -0.3 is 25.1 Å². The molecule has 1 aliphatic rings. The molecule has 1 fully saturated rings. The van der Waals surface area contributed by atoms with Crippen LogP contribution in [0.4, 0.5) is 5.95 Å². The second kappa shape index (κ2) is 7.41. The molecular formula is C19H33N5O5Si. The number of rotatable bonds is 4. The topological polar surface area (TPSA) is 149 Å². The number of aliphatic hydroxyl groups excluding tert-OH is 2. The Kier molecular flexibility index (Phi) is 5.65. The predicted octanol–water partition coefficient (Wildman–Crippen LogP) is 1.51. The summed E-state index contributed by atoms with van der Waals surface area (Å²) in [5.41, 5.74) is 5.41. The monoisotopic (exact) mass is 439 g/mol. The number of imidazole rings is 1. The fourth-order valence-corrected chi connectivity index (χ4v) is 7.65. The first-order valence-electron chi connectivity index (χ1n) is 10.1. The van der Waals surface area contributed by atoms with E-state index >= 15 is 0 Å². The minimum absolute atomic E-state index is 0.0458. The van der Waals surface area contributed by atoms with E-state index in [1.54, 1.807) is 0 Å². The number of nitrogens with two attached hydrogens (primary N) is 1. The van der Waals surface area contributed by atoms with Crippen LogP contribution in [0.2, 0.25) is 16.6 Å². The second-order valence-electron chi connectivity index (χ2n) is 10.2. The quantitative estimate of drug-likeness (QED) is 0.524. The summed E-state index contributed by atoms with van der Waals surface area (Å²) in [5, 5.41) is 21.2. The number of aliphatic hydroxyl groups is 2. The molecule has 0 aromatic carbocycles. The average molecular weight is 440 g/mol. The minimum atomic E-state index is -2.28. The van der Waals surface area contributed by atoms with E-state index in [0.29, 0.717) is 0 Å². The van der Waals surface area contributed by atoms with Crippen LogP contribution in [0.5, 0.6) is 0 Å². The van der Waals surface area contributed by atoms with Crippen molar-refractivity contribution in [2.24, 2.45) is 0 Å². The van der Waals surface area contributed by atoms with Gasteiger partial charge in [0.25, 0.3) is 5.56 Å². The van der Waals surface area contributed by atoms with E-state index < -0.39 is 38.4 Å². The summed E-state index contributed by atoms with van der Waals surface area (Å²) in [6.07, 6.45) is -2.76. The first kappa shape index (κ1) is 22.9. The lowest BCUT2D eigenvalue weighted by atomic mass is 10.1. The summed E-state index contributed by atoms with van der Waals surface area (Å²) < 4.78 is 13.9. The molecule has 10 nitrogen and oxygen atoms in total. The van der Waals surface area contributed by atoms with Gasteiger partial charge in [0.05, 0.1) is 12.9 Å². The molecule has 0 unspecified atom stereocenters. The molecule has 0 spiro atoms. The molecule has 2 aromatic rings. The van der Waals surface area contributed by atoms with Gasteiger partial charge in [0.15, 0.2) is 25.7 Å². The zero-order valence-electron chi connectivity index (χ0n) is 18.6. The molecule has 3 rings (SSSR count). The van der Waals surface area contributed by atoms with E-state index in [0.717, 1.165) is 0 Å². The van der Waals surface area contributed by atoms with Crippen LogP contribution in [-0.2, 0) is 9.16 Å². The van der Waals surface area contributed by atoms with E-state index in [-0.39, 0.29) is 33.8 Å². The Hall–Kier alpha value is -1.79. The summed E-state index contributed by atoms with van der Waals surface area (Å²) in [7, 11) is -2.28. The molecule has 30 heavy (non-hydrogen) atoms. The molecule has 11 heteroatoms. The zero-order valence-corrected chi connectivity index (χ0v) is 19.6. The Morgan fingerprint density at radius 3 is 2.40 bits per heavy atom.